The highest BCUT2D eigenvalue weighted by Crippen LogP contribution is 2.24. The van der Waals surface area contributed by atoms with Crippen molar-refractivity contribution in [2.75, 3.05) is 6.61 Å². The molecular weight excluding hydrogens is 424 g/mol. The number of ether oxygens (including phenoxy) is 1. The lowest BCUT2D eigenvalue weighted by molar-refractivity contribution is 0.0916. The number of hydrogen-bond donors (Lipinski definition) is 1. The molecule has 0 radical (unpaired) electrons. The topological polar surface area (TPSA) is 92.3 Å². The fraction of sp³-hybridized carbons (Fsp3) is 0.381. The Morgan fingerprint density at radius 3 is 2.54 bits per heavy atom. The van der Waals surface area contributed by atoms with E-state index in [1.807, 2.05) is 6.07 Å². The third-order valence-electron chi connectivity index (χ3n) is 4.50. The van der Waals surface area contributed by atoms with Gasteiger partial charge in [0.2, 0.25) is 11.7 Å². The smallest absolute Gasteiger partial charge is 0.271 e. The second kappa shape index (κ2) is 10.1. The summed E-state index contributed by atoms with van der Waals surface area (Å²) >= 11 is 3.32. The Morgan fingerprint density at radius 2 is 1.93 bits per heavy atom. The molecule has 2 aromatic rings. The molecule has 0 aliphatic heterocycles. The van der Waals surface area contributed by atoms with Crippen LogP contribution in [-0.2, 0) is 6.54 Å². The van der Waals surface area contributed by atoms with Crippen LogP contribution in [0.25, 0.3) is 0 Å². The van der Waals surface area contributed by atoms with Gasteiger partial charge in [0.1, 0.15) is 17.4 Å². The van der Waals surface area contributed by atoms with Crippen molar-refractivity contribution in [3.8, 4) is 17.7 Å². The quantitative estimate of drug-likeness (QED) is 0.456. The molecule has 0 saturated heterocycles. The van der Waals surface area contributed by atoms with E-state index in [-0.39, 0.29) is 29.8 Å². The van der Waals surface area contributed by atoms with Crippen LogP contribution in [0.5, 0.6) is 11.6 Å². The number of halogens is 1. The zero-order valence-corrected chi connectivity index (χ0v) is 17.6. The lowest BCUT2D eigenvalue weighted by Crippen LogP contribution is -2.27. The molecule has 0 amide bonds. The number of aromatic nitrogens is 1. The summed E-state index contributed by atoms with van der Waals surface area (Å²) in [6.07, 6.45) is 3.63. The molecule has 0 saturated carbocycles. The summed E-state index contributed by atoms with van der Waals surface area (Å²) in [6.45, 7) is 3.52. The van der Waals surface area contributed by atoms with Gasteiger partial charge in [-0.3, -0.25) is 14.2 Å². The number of pyridine rings is 1. The molecule has 148 valence electrons. The summed E-state index contributed by atoms with van der Waals surface area (Å²) < 4.78 is 7.49. The summed E-state index contributed by atoms with van der Waals surface area (Å²) in [5.74, 6) is -0.388. The maximum absolute atomic E-state index is 12.7. The Labute approximate surface area is 172 Å². The van der Waals surface area contributed by atoms with Gasteiger partial charge in [-0.05, 0) is 43.2 Å². The summed E-state index contributed by atoms with van der Waals surface area (Å²) in [5, 5.41) is 20.0. The summed E-state index contributed by atoms with van der Waals surface area (Å²) in [7, 11) is 0. The van der Waals surface area contributed by atoms with Gasteiger partial charge in [0.05, 0.1) is 5.56 Å². The SMILES string of the molecule is CCCCCCn1c(O)c(C(=O)COc2ccc(Br)cc2)c(C)c(C#N)c1=O. The van der Waals surface area contributed by atoms with Crippen LogP contribution in [0.2, 0.25) is 0 Å². The first-order valence-electron chi connectivity index (χ1n) is 9.18. The van der Waals surface area contributed by atoms with E-state index in [0.29, 0.717) is 12.2 Å². The van der Waals surface area contributed by atoms with Crippen LogP contribution in [-0.4, -0.2) is 22.1 Å². The maximum Gasteiger partial charge on any atom is 0.271 e. The summed E-state index contributed by atoms with van der Waals surface area (Å²) in [6, 6.07) is 8.85. The predicted octanol–water partition coefficient (Wildman–Crippen LogP) is 4.34. The molecular formula is C21H23BrN2O4. The molecule has 1 aromatic heterocycles. The first-order chi connectivity index (χ1) is 13.4. The van der Waals surface area contributed by atoms with Crippen LogP contribution in [0, 0.1) is 18.3 Å². The number of ketones is 1. The fourth-order valence-electron chi connectivity index (χ4n) is 2.94. The van der Waals surface area contributed by atoms with E-state index < -0.39 is 17.2 Å². The van der Waals surface area contributed by atoms with Crippen LogP contribution in [0.1, 0.15) is 54.1 Å². The van der Waals surface area contributed by atoms with Gasteiger partial charge < -0.3 is 9.84 Å². The predicted molar refractivity (Wildman–Crippen MR) is 110 cm³/mol. The van der Waals surface area contributed by atoms with E-state index in [1.54, 1.807) is 24.3 Å². The lowest BCUT2D eigenvalue weighted by atomic mass is 10.0. The zero-order chi connectivity index (χ0) is 20.7. The Hall–Kier alpha value is -2.59. The van der Waals surface area contributed by atoms with Crippen LogP contribution in [0.15, 0.2) is 33.5 Å². The number of rotatable bonds is 9. The van der Waals surface area contributed by atoms with Crippen LogP contribution < -0.4 is 10.3 Å². The van der Waals surface area contributed by atoms with E-state index in [9.17, 15) is 20.0 Å². The summed E-state index contributed by atoms with van der Waals surface area (Å²) in [4.78, 5) is 25.2. The second-order valence-corrected chi connectivity index (χ2v) is 7.41. The number of aromatic hydroxyl groups is 1. The van der Waals surface area contributed by atoms with Crippen molar-refractivity contribution >= 4 is 21.7 Å². The first-order valence-corrected chi connectivity index (χ1v) is 9.98. The van der Waals surface area contributed by atoms with Gasteiger partial charge in [-0.25, -0.2) is 0 Å². The number of unbranched alkanes of at least 4 members (excludes halogenated alkanes) is 3. The normalized spacial score (nSPS) is 10.5. The Bertz CT molecular complexity index is 943. The molecule has 0 spiro atoms. The van der Waals surface area contributed by atoms with Crippen LogP contribution in [0.3, 0.4) is 0 Å². The minimum atomic E-state index is -0.570. The van der Waals surface area contributed by atoms with E-state index >= 15 is 0 Å². The number of benzene rings is 1. The van der Waals surface area contributed by atoms with Crippen molar-refractivity contribution in [3.63, 3.8) is 0 Å². The number of carbonyl (C=O) groups excluding carboxylic acids is 1. The minimum Gasteiger partial charge on any atom is -0.494 e. The second-order valence-electron chi connectivity index (χ2n) is 6.49. The molecule has 6 nitrogen and oxygen atoms in total. The fourth-order valence-corrected chi connectivity index (χ4v) is 3.21. The van der Waals surface area contributed by atoms with Crippen LogP contribution in [0.4, 0.5) is 0 Å². The molecule has 28 heavy (non-hydrogen) atoms. The third-order valence-corrected chi connectivity index (χ3v) is 5.03. The van der Waals surface area contributed by atoms with Crippen LogP contribution >= 0.6 is 15.9 Å². The highest BCUT2D eigenvalue weighted by Gasteiger charge is 2.24. The van der Waals surface area contributed by atoms with E-state index in [4.69, 9.17) is 4.74 Å². The first kappa shape index (κ1) is 21.7. The average Bonchev–Trinajstić information content (AvgIpc) is 2.67. The standard InChI is InChI=1S/C21H23BrN2O4/c1-3-4-5-6-11-24-20(26)17(12-23)14(2)19(21(24)27)18(25)13-28-16-9-7-15(22)8-10-16/h7-10,27H,3-6,11,13H2,1-2H3. The molecule has 0 aliphatic carbocycles. The highest BCUT2D eigenvalue weighted by molar-refractivity contribution is 9.10. The van der Waals surface area contributed by atoms with E-state index in [0.717, 1.165) is 28.3 Å². The van der Waals surface area contributed by atoms with Gasteiger partial charge in [-0.15, -0.1) is 0 Å². The largest absolute Gasteiger partial charge is 0.494 e. The summed E-state index contributed by atoms with van der Waals surface area (Å²) in [5.41, 5.74) is -0.553. The number of carbonyl (C=O) groups is 1. The molecule has 0 unspecified atom stereocenters. The number of hydrogen-bond acceptors (Lipinski definition) is 5. The maximum atomic E-state index is 12.7. The van der Waals surface area contributed by atoms with Gasteiger partial charge in [0.15, 0.2) is 6.61 Å². The molecule has 0 atom stereocenters. The molecule has 0 bridgehead atoms. The average molecular weight is 447 g/mol. The molecule has 2 rings (SSSR count). The van der Waals surface area contributed by atoms with Crippen molar-refractivity contribution in [1.82, 2.24) is 4.57 Å². The minimum absolute atomic E-state index is 0.0382. The Kier molecular flexibility index (Phi) is 7.82. The van der Waals surface area contributed by atoms with E-state index in [2.05, 4.69) is 22.9 Å². The lowest BCUT2D eigenvalue weighted by Gasteiger charge is -2.15. The third kappa shape index (κ3) is 5.02. The molecule has 0 fully saturated rings. The highest BCUT2D eigenvalue weighted by atomic mass is 79.9. The number of nitriles is 1. The molecule has 1 N–H and O–H groups in total. The Balaban J connectivity index is 2.30. The number of nitrogens with zero attached hydrogens (tertiary/aromatic N) is 2. The molecule has 1 heterocycles. The molecule has 7 heteroatoms. The van der Waals surface area contributed by atoms with Gasteiger partial charge in [0, 0.05) is 11.0 Å². The van der Waals surface area contributed by atoms with Gasteiger partial charge >= 0.3 is 0 Å². The van der Waals surface area contributed by atoms with E-state index in [1.165, 1.54) is 6.92 Å². The van der Waals surface area contributed by atoms with Gasteiger partial charge in [0.25, 0.3) is 5.56 Å². The Morgan fingerprint density at radius 1 is 1.25 bits per heavy atom. The van der Waals surface area contributed by atoms with Crippen molar-refractivity contribution in [2.24, 2.45) is 0 Å². The molecule has 1 aromatic carbocycles. The van der Waals surface area contributed by atoms with Gasteiger partial charge in [-0.1, -0.05) is 42.1 Å². The van der Waals surface area contributed by atoms with Crippen molar-refractivity contribution in [1.29, 1.82) is 5.26 Å². The monoisotopic (exact) mass is 446 g/mol. The van der Waals surface area contributed by atoms with Crippen molar-refractivity contribution in [2.45, 2.75) is 46.1 Å². The zero-order valence-electron chi connectivity index (χ0n) is 16.0. The molecule has 0 aliphatic rings. The van der Waals surface area contributed by atoms with Gasteiger partial charge in [-0.2, -0.15) is 5.26 Å². The van der Waals surface area contributed by atoms with Crippen molar-refractivity contribution < 1.29 is 14.6 Å². The van der Waals surface area contributed by atoms with Crippen molar-refractivity contribution in [3.05, 3.63) is 55.8 Å². The number of Topliss-reactive ketones (excluding diaryl/α,β-unsaturated/α-hetero) is 1.